The monoisotopic (exact) mass is 168 g/mol. The topological polar surface area (TPSA) is 69.1 Å². The van der Waals surface area contributed by atoms with Gasteiger partial charge in [-0.15, -0.1) is 0 Å². The van der Waals surface area contributed by atoms with Crippen molar-refractivity contribution in [2.24, 2.45) is 5.73 Å². The lowest BCUT2D eigenvalue weighted by Gasteiger charge is -2.04. The predicted molar refractivity (Wildman–Crippen MR) is 44.1 cm³/mol. The van der Waals surface area contributed by atoms with E-state index in [0.29, 0.717) is 5.56 Å². The maximum Gasteiger partial charge on any atom is 0.249 e. The molecule has 1 aromatic rings. The molecule has 0 fully saturated rings. The Balaban J connectivity index is 3.36. The Kier molecular flexibility index (Phi) is 1.99. The van der Waals surface area contributed by atoms with Crippen molar-refractivity contribution in [3.05, 3.63) is 29.1 Å². The highest BCUT2D eigenvalue weighted by Gasteiger charge is 2.09. The van der Waals surface area contributed by atoms with E-state index >= 15 is 0 Å². The Hall–Kier alpha value is -1.58. The summed E-state index contributed by atoms with van der Waals surface area (Å²) in [7, 11) is 0. The van der Waals surface area contributed by atoms with Gasteiger partial charge in [0.15, 0.2) is 0 Å². The van der Waals surface area contributed by atoms with Crippen LogP contribution < -0.4 is 11.5 Å². The second-order valence-electron chi connectivity index (χ2n) is 2.50. The minimum atomic E-state index is -0.598. The third-order valence-corrected chi connectivity index (χ3v) is 1.73. The average molecular weight is 168 g/mol. The number of carbonyl (C=O) groups is 1. The van der Waals surface area contributed by atoms with E-state index in [-0.39, 0.29) is 11.3 Å². The summed E-state index contributed by atoms with van der Waals surface area (Å²) in [5.41, 5.74) is 11.0. The zero-order valence-corrected chi connectivity index (χ0v) is 6.60. The average Bonchev–Trinajstić information content (AvgIpc) is 2.00. The number of hydrogen-bond acceptors (Lipinski definition) is 2. The number of primary amides is 1. The van der Waals surface area contributed by atoms with Crippen LogP contribution in [0, 0.1) is 12.7 Å². The molecule has 0 saturated carbocycles. The fourth-order valence-electron chi connectivity index (χ4n) is 0.962. The van der Waals surface area contributed by atoms with E-state index in [1.165, 1.54) is 6.07 Å². The van der Waals surface area contributed by atoms with Crippen LogP contribution in [0.1, 0.15) is 15.9 Å². The number of carbonyl (C=O) groups excluding carboxylic acids is 1. The van der Waals surface area contributed by atoms with Crippen molar-refractivity contribution in [2.45, 2.75) is 6.92 Å². The molecule has 0 aliphatic heterocycles. The lowest BCUT2D eigenvalue weighted by Crippen LogP contribution is -2.14. The number of benzene rings is 1. The van der Waals surface area contributed by atoms with Gasteiger partial charge in [0.2, 0.25) is 5.91 Å². The molecule has 0 aliphatic carbocycles. The predicted octanol–water partition coefficient (Wildman–Crippen LogP) is 0.815. The third kappa shape index (κ3) is 1.23. The molecule has 0 atom stereocenters. The van der Waals surface area contributed by atoms with Crippen molar-refractivity contribution in [1.29, 1.82) is 0 Å². The molecule has 0 aliphatic rings. The fourth-order valence-corrected chi connectivity index (χ4v) is 0.962. The number of rotatable bonds is 1. The van der Waals surface area contributed by atoms with Gasteiger partial charge in [0.05, 0.1) is 5.69 Å². The maximum absolute atomic E-state index is 12.7. The Bertz CT molecular complexity index is 336. The van der Waals surface area contributed by atoms with Crippen molar-refractivity contribution in [2.75, 3.05) is 5.73 Å². The highest BCUT2D eigenvalue weighted by molar-refractivity contribution is 5.95. The van der Waals surface area contributed by atoms with Crippen molar-refractivity contribution in [1.82, 2.24) is 0 Å². The first kappa shape index (κ1) is 8.52. The van der Waals surface area contributed by atoms with Gasteiger partial charge in [0.1, 0.15) is 5.82 Å². The van der Waals surface area contributed by atoms with Crippen LogP contribution in [0.3, 0.4) is 0 Å². The lowest BCUT2D eigenvalue weighted by atomic mass is 10.1. The molecule has 0 heterocycles. The summed E-state index contributed by atoms with van der Waals surface area (Å²) in [6.45, 7) is 1.55. The summed E-state index contributed by atoms with van der Waals surface area (Å²) in [6.07, 6.45) is 0. The second kappa shape index (κ2) is 2.81. The molecule has 3 nitrogen and oxygen atoms in total. The van der Waals surface area contributed by atoms with Gasteiger partial charge < -0.3 is 11.5 Å². The molecule has 4 N–H and O–H groups in total. The highest BCUT2D eigenvalue weighted by Crippen LogP contribution is 2.18. The van der Waals surface area contributed by atoms with Gasteiger partial charge in [-0.3, -0.25) is 4.79 Å². The van der Waals surface area contributed by atoms with E-state index < -0.39 is 11.7 Å². The smallest absolute Gasteiger partial charge is 0.249 e. The molecule has 1 aromatic carbocycles. The summed E-state index contributed by atoms with van der Waals surface area (Å²) in [5.74, 6) is -1.13. The SMILES string of the molecule is Cc1c(C(N)=O)ccc(F)c1N. The lowest BCUT2D eigenvalue weighted by molar-refractivity contribution is 0.0999. The van der Waals surface area contributed by atoms with Crippen LogP contribution in [0.4, 0.5) is 10.1 Å². The molecular weight excluding hydrogens is 159 g/mol. The maximum atomic E-state index is 12.7. The Morgan fingerprint density at radius 3 is 2.58 bits per heavy atom. The van der Waals surface area contributed by atoms with Gasteiger partial charge in [-0.05, 0) is 24.6 Å². The Morgan fingerprint density at radius 2 is 2.08 bits per heavy atom. The van der Waals surface area contributed by atoms with Crippen LogP contribution in [-0.4, -0.2) is 5.91 Å². The van der Waals surface area contributed by atoms with Crippen LogP contribution in [0.15, 0.2) is 12.1 Å². The molecule has 1 rings (SSSR count). The van der Waals surface area contributed by atoms with Crippen LogP contribution in [-0.2, 0) is 0 Å². The van der Waals surface area contributed by atoms with Crippen LogP contribution >= 0.6 is 0 Å². The van der Waals surface area contributed by atoms with Gasteiger partial charge in [-0.25, -0.2) is 4.39 Å². The van der Waals surface area contributed by atoms with Crippen LogP contribution in [0.25, 0.3) is 0 Å². The number of halogens is 1. The first-order valence-corrected chi connectivity index (χ1v) is 3.38. The minimum Gasteiger partial charge on any atom is -0.396 e. The quantitative estimate of drug-likeness (QED) is 0.609. The summed E-state index contributed by atoms with van der Waals surface area (Å²) in [4.78, 5) is 10.7. The van der Waals surface area contributed by atoms with E-state index in [0.717, 1.165) is 6.07 Å². The van der Waals surface area contributed by atoms with Crippen molar-refractivity contribution in [3.63, 3.8) is 0 Å². The summed E-state index contributed by atoms with van der Waals surface area (Å²) in [6, 6.07) is 2.45. The Morgan fingerprint density at radius 1 is 1.50 bits per heavy atom. The standard InChI is InChI=1S/C8H9FN2O/c1-4-5(8(11)12)2-3-6(9)7(4)10/h2-3H,10H2,1H3,(H2,11,12). The van der Waals surface area contributed by atoms with Gasteiger partial charge >= 0.3 is 0 Å². The third-order valence-electron chi connectivity index (χ3n) is 1.73. The number of nitrogen functional groups attached to an aromatic ring is 1. The molecule has 0 aromatic heterocycles. The zero-order valence-electron chi connectivity index (χ0n) is 6.60. The zero-order chi connectivity index (χ0) is 9.30. The van der Waals surface area contributed by atoms with E-state index in [1.54, 1.807) is 6.92 Å². The number of amides is 1. The summed E-state index contributed by atoms with van der Waals surface area (Å²) < 4.78 is 12.7. The highest BCUT2D eigenvalue weighted by atomic mass is 19.1. The van der Waals surface area contributed by atoms with E-state index in [2.05, 4.69) is 0 Å². The number of hydrogen-bond donors (Lipinski definition) is 2. The largest absolute Gasteiger partial charge is 0.396 e. The van der Waals surface area contributed by atoms with Crippen LogP contribution in [0.2, 0.25) is 0 Å². The van der Waals surface area contributed by atoms with Crippen molar-refractivity contribution in [3.8, 4) is 0 Å². The second-order valence-corrected chi connectivity index (χ2v) is 2.50. The number of anilines is 1. The summed E-state index contributed by atoms with van der Waals surface area (Å²) >= 11 is 0. The molecule has 0 unspecified atom stereocenters. The van der Waals surface area contributed by atoms with Crippen LogP contribution in [0.5, 0.6) is 0 Å². The molecule has 0 radical (unpaired) electrons. The van der Waals surface area contributed by atoms with Gasteiger partial charge in [-0.1, -0.05) is 0 Å². The van der Waals surface area contributed by atoms with E-state index in [4.69, 9.17) is 11.5 Å². The van der Waals surface area contributed by atoms with E-state index in [1.807, 2.05) is 0 Å². The summed E-state index contributed by atoms with van der Waals surface area (Å²) in [5, 5.41) is 0. The number of nitrogens with two attached hydrogens (primary N) is 2. The van der Waals surface area contributed by atoms with Gasteiger partial charge in [0, 0.05) is 5.56 Å². The first-order valence-electron chi connectivity index (χ1n) is 3.38. The molecule has 12 heavy (non-hydrogen) atoms. The van der Waals surface area contributed by atoms with Crippen molar-refractivity contribution >= 4 is 11.6 Å². The molecule has 0 saturated heterocycles. The normalized spacial score (nSPS) is 9.83. The minimum absolute atomic E-state index is 0.0219. The molecule has 0 bridgehead atoms. The van der Waals surface area contributed by atoms with Gasteiger partial charge in [-0.2, -0.15) is 0 Å². The molecule has 0 spiro atoms. The first-order chi connectivity index (χ1) is 5.54. The van der Waals surface area contributed by atoms with Gasteiger partial charge in [0.25, 0.3) is 0 Å². The fraction of sp³-hybridized carbons (Fsp3) is 0.125. The molecule has 1 amide bonds. The molecular formula is C8H9FN2O. The van der Waals surface area contributed by atoms with Crippen molar-refractivity contribution < 1.29 is 9.18 Å². The Labute approximate surface area is 69.2 Å². The molecule has 4 heteroatoms. The van der Waals surface area contributed by atoms with E-state index in [9.17, 15) is 9.18 Å². The molecule has 64 valence electrons.